The Morgan fingerprint density at radius 1 is 1.00 bits per heavy atom. The summed E-state index contributed by atoms with van der Waals surface area (Å²) in [5.74, 6) is -0.748. The van der Waals surface area contributed by atoms with Crippen molar-refractivity contribution < 1.29 is 13.5 Å². The van der Waals surface area contributed by atoms with Crippen molar-refractivity contribution in [2.24, 2.45) is 0 Å². The van der Waals surface area contributed by atoms with Gasteiger partial charge in [-0.2, -0.15) is 0 Å². The molecule has 0 bridgehead atoms. The van der Waals surface area contributed by atoms with Crippen LogP contribution in [0.5, 0.6) is 5.88 Å². The highest BCUT2D eigenvalue weighted by Gasteiger charge is 2.23. The Kier molecular flexibility index (Phi) is 3.80. The van der Waals surface area contributed by atoms with Gasteiger partial charge in [0.1, 0.15) is 0 Å². The Labute approximate surface area is 137 Å². The zero-order valence-corrected chi connectivity index (χ0v) is 13.5. The zero-order valence-electron chi connectivity index (χ0n) is 11.2. The summed E-state index contributed by atoms with van der Waals surface area (Å²) in [6.07, 6.45) is 0. The molecule has 0 amide bonds. The topological polar surface area (TPSA) is 59.3 Å². The van der Waals surface area contributed by atoms with Gasteiger partial charge in [0.15, 0.2) is 0 Å². The van der Waals surface area contributed by atoms with Gasteiger partial charge in [0.25, 0.3) is 0 Å². The summed E-state index contributed by atoms with van der Waals surface area (Å²) in [7, 11) is -3.87. The molecule has 0 radical (unpaired) electrons. The molecule has 22 heavy (non-hydrogen) atoms. The molecule has 7 heteroatoms. The number of hydrogen-bond donors (Lipinski definition) is 1. The van der Waals surface area contributed by atoms with Crippen LogP contribution >= 0.6 is 23.2 Å². The second-order valence-electron chi connectivity index (χ2n) is 4.78. The summed E-state index contributed by atoms with van der Waals surface area (Å²) < 4.78 is 26.3. The van der Waals surface area contributed by atoms with E-state index in [2.05, 4.69) is 0 Å². The average Bonchev–Trinajstić information content (AvgIpc) is 2.79. The summed E-state index contributed by atoms with van der Waals surface area (Å²) in [5, 5.41) is 11.2. The molecule has 3 rings (SSSR count). The summed E-state index contributed by atoms with van der Waals surface area (Å²) >= 11 is 12.1. The first-order chi connectivity index (χ1) is 10.4. The predicted octanol–water partition coefficient (Wildman–Crippen LogP) is 4.03. The highest BCUT2D eigenvalue weighted by Crippen LogP contribution is 2.31. The first-order valence-corrected chi connectivity index (χ1v) is 8.72. The van der Waals surface area contributed by atoms with Crippen molar-refractivity contribution in [3.8, 4) is 5.88 Å². The standard InChI is InChI=1S/C15H11Cl2NO3S/c16-12-5-3-6-13(17)11(12)9-22(20,21)18-14-7-2-1-4-10(14)8-15(18)19/h1-8,19H,9H2. The van der Waals surface area contributed by atoms with Gasteiger partial charge in [0.2, 0.25) is 15.9 Å². The van der Waals surface area contributed by atoms with Crippen LogP contribution in [-0.4, -0.2) is 17.5 Å². The fourth-order valence-corrected chi connectivity index (χ4v) is 4.62. The van der Waals surface area contributed by atoms with Crippen molar-refractivity contribution in [2.75, 3.05) is 0 Å². The number of benzene rings is 2. The lowest BCUT2D eigenvalue weighted by atomic mass is 10.2. The highest BCUT2D eigenvalue weighted by molar-refractivity contribution is 7.89. The van der Waals surface area contributed by atoms with E-state index in [1.165, 1.54) is 6.07 Å². The first-order valence-electron chi connectivity index (χ1n) is 6.36. The van der Waals surface area contributed by atoms with E-state index < -0.39 is 15.8 Å². The Bertz CT molecular complexity index is 944. The highest BCUT2D eigenvalue weighted by atomic mass is 35.5. The normalized spacial score (nSPS) is 11.9. The molecular formula is C15H11Cl2NO3S. The summed E-state index contributed by atoms with van der Waals surface area (Å²) in [6.45, 7) is 0. The van der Waals surface area contributed by atoms with Gasteiger partial charge in [-0.05, 0) is 18.2 Å². The van der Waals surface area contributed by atoms with Crippen LogP contribution < -0.4 is 0 Å². The van der Waals surface area contributed by atoms with Crippen molar-refractivity contribution in [2.45, 2.75) is 5.75 Å². The van der Waals surface area contributed by atoms with Gasteiger partial charge in [-0.3, -0.25) is 0 Å². The average molecular weight is 356 g/mol. The lowest BCUT2D eigenvalue weighted by Crippen LogP contribution is -2.15. The molecule has 0 fully saturated rings. The lowest BCUT2D eigenvalue weighted by Gasteiger charge is -2.11. The van der Waals surface area contributed by atoms with Gasteiger partial charge >= 0.3 is 0 Å². The molecule has 3 aromatic rings. The number of rotatable bonds is 3. The Balaban J connectivity index is 2.15. The second kappa shape index (κ2) is 5.50. The monoisotopic (exact) mass is 355 g/mol. The molecule has 0 aliphatic carbocycles. The van der Waals surface area contributed by atoms with E-state index in [0.29, 0.717) is 16.5 Å². The molecular weight excluding hydrogens is 345 g/mol. The van der Waals surface area contributed by atoms with Crippen molar-refractivity contribution in [3.05, 3.63) is 64.1 Å². The van der Waals surface area contributed by atoms with Crippen molar-refractivity contribution in [1.29, 1.82) is 0 Å². The zero-order chi connectivity index (χ0) is 15.9. The molecule has 0 spiro atoms. The number of halogens is 2. The second-order valence-corrected chi connectivity index (χ2v) is 7.41. The van der Waals surface area contributed by atoms with Gasteiger partial charge < -0.3 is 5.11 Å². The molecule has 0 aliphatic heterocycles. The SMILES string of the molecule is O=S(=O)(Cc1c(Cl)cccc1Cl)n1c(O)cc2ccccc21. The summed E-state index contributed by atoms with van der Waals surface area (Å²) in [4.78, 5) is 0. The number of aromatic nitrogens is 1. The number of hydrogen-bond acceptors (Lipinski definition) is 3. The smallest absolute Gasteiger partial charge is 0.246 e. The molecule has 1 aromatic heterocycles. The molecule has 0 atom stereocenters. The number of para-hydroxylation sites is 1. The van der Waals surface area contributed by atoms with Crippen LogP contribution in [-0.2, 0) is 15.8 Å². The van der Waals surface area contributed by atoms with Crippen LogP contribution in [0, 0.1) is 0 Å². The van der Waals surface area contributed by atoms with Crippen LogP contribution in [0.1, 0.15) is 5.56 Å². The van der Waals surface area contributed by atoms with Crippen LogP contribution in [0.15, 0.2) is 48.5 Å². The first kappa shape index (κ1) is 15.2. The van der Waals surface area contributed by atoms with Gasteiger partial charge in [-0.25, -0.2) is 12.4 Å². The van der Waals surface area contributed by atoms with Crippen LogP contribution in [0.4, 0.5) is 0 Å². The van der Waals surface area contributed by atoms with E-state index in [1.54, 1.807) is 42.5 Å². The maximum absolute atomic E-state index is 12.7. The van der Waals surface area contributed by atoms with Gasteiger partial charge in [0.05, 0.1) is 11.3 Å². The van der Waals surface area contributed by atoms with E-state index in [0.717, 1.165) is 3.97 Å². The van der Waals surface area contributed by atoms with E-state index in [1.807, 2.05) is 0 Å². The molecule has 2 aromatic carbocycles. The van der Waals surface area contributed by atoms with Gasteiger partial charge in [-0.1, -0.05) is 47.5 Å². The lowest BCUT2D eigenvalue weighted by molar-refractivity contribution is 0.447. The predicted molar refractivity (Wildman–Crippen MR) is 88.1 cm³/mol. The van der Waals surface area contributed by atoms with E-state index in [4.69, 9.17) is 23.2 Å². The third-order valence-electron chi connectivity index (χ3n) is 3.31. The third kappa shape index (κ3) is 2.56. The number of fused-ring (bicyclic) bond motifs is 1. The number of nitrogens with zero attached hydrogens (tertiary/aromatic N) is 1. The molecule has 1 N–H and O–H groups in total. The number of aromatic hydroxyl groups is 1. The Morgan fingerprint density at radius 2 is 1.64 bits per heavy atom. The molecule has 4 nitrogen and oxygen atoms in total. The van der Waals surface area contributed by atoms with Crippen LogP contribution in [0.2, 0.25) is 10.0 Å². The Morgan fingerprint density at radius 3 is 2.32 bits per heavy atom. The molecule has 0 aliphatic rings. The maximum atomic E-state index is 12.7. The molecule has 114 valence electrons. The quantitative estimate of drug-likeness (QED) is 0.771. The minimum Gasteiger partial charge on any atom is -0.494 e. The fourth-order valence-electron chi connectivity index (χ4n) is 2.33. The van der Waals surface area contributed by atoms with Crippen LogP contribution in [0.3, 0.4) is 0 Å². The third-order valence-corrected chi connectivity index (χ3v) is 5.62. The Hall–Kier alpha value is -1.69. The van der Waals surface area contributed by atoms with E-state index in [9.17, 15) is 13.5 Å². The molecule has 0 unspecified atom stereocenters. The summed E-state index contributed by atoms with van der Waals surface area (Å²) in [6, 6.07) is 13.0. The van der Waals surface area contributed by atoms with Crippen LogP contribution in [0.25, 0.3) is 10.9 Å². The molecule has 0 saturated carbocycles. The summed E-state index contributed by atoms with van der Waals surface area (Å²) in [5.41, 5.74) is 0.714. The van der Waals surface area contributed by atoms with Crippen molar-refractivity contribution in [3.63, 3.8) is 0 Å². The molecule has 0 saturated heterocycles. The minimum atomic E-state index is -3.87. The largest absolute Gasteiger partial charge is 0.494 e. The van der Waals surface area contributed by atoms with E-state index in [-0.39, 0.29) is 15.9 Å². The van der Waals surface area contributed by atoms with Gasteiger partial charge in [0, 0.05) is 27.1 Å². The maximum Gasteiger partial charge on any atom is 0.246 e. The minimum absolute atomic E-state index is 0.270. The fraction of sp³-hybridized carbons (Fsp3) is 0.0667. The van der Waals surface area contributed by atoms with Crippen molar-refractivity contribution in [1.82, 2.24) is 3.97 Å². The van der Waals surface area contributed by atoms with Gasteiger partial charge in [-0.15, -0.1) is 0 Å². The molecule has 1 heterocycles. The van der Waals surface area contributed by atoms with Crippen molar-refractivity contribution >= 4 is 44.1 Å². The van der Waals surface area contributed by atoms with E-state index >= 15 is 0 Å².